The summed E-state index contributed by atoms with van der Waals surface area (Å²) < 4.78 is 1.36. The molecule has 19 heavy (non-hydrogen) atoms. The van der Waals surface area contributed by atoms with Gasteiger partial charge in [-0.3, -0.25) is 0 Å². The van der Waals surface area contributed by atoms with Gasteiger partial charge in [0.25, 0.3) is 0 Å². The van der Waals surface area contributed by atoms with E-state index in [4.69, 9.17) is 0 Å². The number of hydrogen-bond acceptors (Lipinski definition) is 4. The van der Waals surface area contributed by atoms with E-state index in [9.17, 15) is 0 Å². The summed E-state index contributed by atoms with van der Waals surface area (Å²) in [5.41, 5.74) is 1.28. The van der Waals surface area contributed by atoms with Gasteiger partial charge in [-0.05, 0) is 42.4 Å². The third-order valence-electron chi connectivity index (χ3n) is 3.20. The van der Waals surface area contributed by atoms with Crippen molar-refractivity contribution < 1.29 is 0 Å². The zero-order valence-electron chi connectivity index (χ0n) is 11.9. The molecular weight excluding hydrogens is 322 g/mol. The van der Waals surface area contributed by atoms with Gasteiger partial charge in [0.1, 0.15) is 5.82 Å². The molecule has 0 bridgehead atoms. The van der Waals surface area contributed by atoms with E-state index < -0.39 is 0 Å². The monoisotopic (exact) mass is 343 g/mol. The molecule has 0 aromatic carbocycles. The van der Waals surface area contributed by atoms with Gasteiger partial charge in [-0.2, -0.15) is 11.8 Å². The zero-order chi connectivity index (χ0) is 13.9. The minimum absolute atomic E-state index is 0.308. The smallest absolute Gasteiger partial charge is 0.133 e. The number of aromatic nitrogens is 1. The third-order valence-corrected chi connectivity index (χ3v) is 4.93. The molecule has 0 unspecified atom stereocenters. The van der Waals surface area contributed by atoms with Crippen molar-refractivity contribution in [1.29, 1.82) is 0 Å². The van der Waals surface area contributed by atoms with Crippen LogP contribution in [0.15, 0.2) is 16.7 Å². The van der Waals surface area contributed by atoms with Crippen LogP contribution in [0.2, 0.25) is 0 Å². The summed E-state index contributed by atoms with van der Waals surface area (Å²) in [6.45, 7) is 10.8. The van der Waals surface area contributed by atoms with Gasteiger partial charge in [-0.25, -0.2) is 4.98 Å². The van der Waals surface area contributed by atoms with Gasteiger partial charge >= 0.3 is 0 Å². The zero-order valence-corrected chi connectivity index (χ0v) is 14.3. The third kappa shape index (κ3) is 4.10. The first-order valence-corrected chi connectivity index (χ1v) is 8.54. The lowest BCUT2D eigenvalue weighted by molar-refractivity contribution is 0.635. The summed E-state index contributed by atoms with van der Waals surface area (Å²) in [6.07, 6.45) is 1.90. The van der Waals surface area contributed by atoms with E-state index in [1.54, 1.807) is 0 Å². The predicted molar refractivity (Wildman–Crippen MR) is 88.1 cm³/mol. The van der Waals surface area contributed by atoms with E-state index in [0.29, 0.717) is 4.75 Å². The van der Waals surface area contributed by atoms with Gasteiger partial charge in [0.05, 0.1) is 0 Å². The van der Waals surface area contributed by atoms with E-state index >= 15 is 0 Å². The van der Waals surface area contributed by atoms with E-state index in [2.05, 4.69) is 69.7 Å². The summed E-state index contributed by atoms with van der Waals surface area (Å²) in [4.78, 5) is 7.08. The second kappa shape index (κ2) is 6.46. The standard InChI is InChI=1S/C14H22BrN3S/c1-4-16-8-11-7-12(15)9-17-13(11)18-5-6-19-14(2,3)10-18/h7,9,16H,4-6,8,10H2,1-3H3. The Hall–Kier alpha value is -0.260. The number of nitrogens with zero attached hydrogens (tertiary/aromatic N) is 2. The molecule has 0 amide bonds. The van der Waals surface area contributed by atoms with Gasteiger partial charge in [0, 0.05) is 46.4 Å². The second-order valence-corrected chi connectivity index (χ2v) is 8.16. The Labute approximate surface area is 128 Å². The Morgan fingerprint density at radius 2 is 2.32 bits per heavy atom. The number of thioether (sulfide) groups is 1. The van der Waals surface area contributed by atoms with Crippen LogP contribution in [-0.2, 0) is 6.54 Å². The number of pyridine rings is 1. The van der Waals surface area contributed by atoms with Crippen molar-refractivity contribution in [2.24, 2.45) is 0 Å². The average molecular weight is 344 g/mol. The molecule has 0 radical (unpaired) electrons. The maximum atomic E-state index is 4.65. The fourth-order valence-electron chi connectivity index (χ4n) is 2.35. The van der Waals surface area contributed by atoms with E-state index in [1.165, 1.54) is 11.3 Å². The van der Waals surface area contributed by atoms with Crippen molar-refractivity contribution in [2.45, 2.75) is 32.1 Å². The van der Waals surface area contributed by atoms with Crippen LogP contribution < -0.4 is 10.2 Å². The molecule has 3 nitrogen and oxygen atoms in total. The summed E-state index contributed by atoms with van der Waals surface area (Å²) >= 11 is 5.57. The summed E-state index contributed by atoms with van der Waals surface area (Å²) in [5.74, 6) is 2.31. The highest BCUT2D eigenvalue weighted by molar-refractivity contribution is 9.10. The molecule has 0 aliphatic carbocycles. The molecule has 0 saturated carbocycles. The van der Waals surface area contributed by atoms with Gasteiger partial charge in [0.15, 0.2) is 0 Å². The second-order valence-electron chi connectivity index (χ2n) is 5.45. The largest absolute Gasteiger partial charge is 0.354 e. The summed E-state index contributed by atoms with van der Waals surface area (Å²) in [5, 5.41) is 3.40. The fourth-order valence-corrected chi connectivity index (χ4v) is 3.84. The highest BCUT2D eigenvalue weighted by atomic mass is 79.9. The number of anilines is 1. The lowest BCUT2D eigenvalue weighted by Gasteiger charge is -2.39. The Kier molecular flexibility index (Phi) is 5.15. The van der Waals surface area contributed by atoms with Crippen molar-refractivity contribution in [3.63, 3.8) is 0 Å². The van der Waals surface area contributed by atoms with Gasteiger partial charge < -0.3 is 10.2 Å². The molecule has 1 aromatic heterocycles. The maximum absolute atomic E-state index is 4.65. The van der Waals surface area contributed by atoms with Crippen LogP contribution in [0.5, 0.6) is 0 Å². The topological polar surface area (TPSA) is 28.2 Å². The molecule has 106 valence electrons. The normalized spacial score (nSPS) is 18.6. The molecule has 1 saturated heterocycles. The van der Waals surface area contributed by atoms with Gasteiger partial charge in [0.2, 0.25) is 0 Å². The predicted octanol–water partition coefficient (Wildman–Crippen LogP) is 3.29. The van der Waals surface area contributed by atoms with E-state index in [1.807, 2.05) is 6.20 Å². The molecule has 1 aliphatic heterocycles. The Bertz CT molecular complexity index is 437. The first-order chi connectivity index (χ1) is 9.02. The van der Waals surface area contributed by atoms with E-state index in [-0.39, 0.29) is 0 Å². The van der Waals surface area contributed by atoms with E-state index in [0.717, 1.165) is 36.5 Å². The minimum atomic E-state index is 0.308. The van der Waals surface area contributed by atoms with Crippen molar-refractivity contribution in [1.82, 2.24) is 10.3 Å². The molecule has 1 fully saturated rings. The molecule has 0 atom stereocenters. The van der Waals surface area contributed by atoms with Crippen molar-refractivity contribution >= 4 is 33.5 Å². The first-order valence-electron chi connectivity index (χ1n) is 6.76. The highest BCUT2D eigenvalue weighted by Crippen LogP contribution is 2.33. The van der Waals surface area contributed by atoms with Crippen molar-refractivity contribution in [2.75, 3.05) is 30.3 Å². The molecular formula is C14H22BrN3S. The maximum Gasteiger partial charge on any atom is 0.133 e. The lowest BCUT2D eigenvalue weighted by Crippen LogP contribution is -2.44. The van der Waals surface area contributed by atoms with Crippen LogP contribution in [0, 0.1) is 0 Å². The molecule has 1 aromatic rings. The number of rotatable bonds is 4. The molecule has 5 heteroatoms. The van der Waals surface area contributed by atoms with Crippen molar-refractivity contribution in [3.05, 3.63) is 22.3 Å². The number of halogens is 1. The Balaban J connectivity index is 2.22. The Morgan fingerprint density at radius 1 is 1.53 bits per heavy atom. The minimum Gasteiger partial charge on any atom is -0.354 e. The quantitative estimate of drug-likeness (QED) is 0.907. The lowest BCUT2D eigenvalue weighted by atomic mass is 10.1. The van der Waals surface area contributed by atoms with Crippen molar-refractivity contribution in [3.8, 4) is 0 Å². The molecule has 2 heterocycles. The number of hydrogen-bond donors (Lipinski definition) is 1. The van der Waals surface area contributed by atoms with Crippen LogP contribution in [0.1, 0.15) is 26.3 Å². The summed E-state index contributed by atoms with van der Waals surface area (Å²) in [7, 11) is 0. The summed E-state index contributed by atoms with van der Waals surface area (Å²) in [6, 6.07) is 2.18. The van der Waals surface area contributed by atoms with Gasteiger partial charge in [-0.1, -0.05) is 6.92 Å². The SMILES string of the molecule is CCNCc1cc(Br)cnc1N1CCSC(C)(C)C1. The van der Waals surface area contributed by atoms with Crippen LogP contribution in [0.3, 0.4) is 0 Å². The average Bonchev–Trinajstić information content (AvgIpc) is 2.35. The molecule has 0 spiro atoms. The van der Waals surface area contributed by atoms with Crippen LogP contribution in [-0.4, -0.2) is 35.1 Å². The van der Waals surface area contributed by atoms with Crippen LogP contribution >= 0.6 is 27.7 Å². The molecule has 1 aliphatic rings. The Morgan fingerprint density at radius 3 is 3.00 bits per heavy atom. The van der Waals surface area contributed by atoms with Crippen LogP contribution in [0.25, 0.3) is 0 Å². The fraction of sp³-hybridized carbons (Fsp3) is 0.643. The number of nitrogens with one attached hydrogen (secondary N) is 1. The van der Waals surface area contributed by atoms with Gasteiger partial charge in [-0.15, -0.1) is 0 Å². The molecule has 2 rings (SSSR count). The first kappa shape index (κ1) is 15.1. The highest BCUT2D eigenvalue weighted by Gasteiger charge is 2.28. The van der Waals surface area contributed by atoms with Crippen LogP contribution in [0.4, 0.5) is 5.82 Å². The molecule has 1 N–H and O–H groups in total.